The van der Waals surface area contributed by atoms with E-state index in [0.717, 1.165) is 13.0 Å². The van der Waals surface area contributed by atoms with E-state index >= 15 is 0 Å². The van der Waals surface area contributed by atoms with Crippen LogP contribution in [0.2, 0.25) is 0 Å². The summed E-state index contributed by atoms with van der Waals surface area (Å²) in [7, 11) is -3.67. The highest BCUT2D eigenvalue weighted by Crippen LogP contribution is 2.35. The molecule has 1 aromatic heterocycles. The number of rotatable bonds is 0. The summed E-state index contributed by atoms with van der Waals surface area (Å²) >= 11 is 0. The lowest BCUT2D eigenvalue weighted by molar-refractivity contribution is 0.308. The van der Waals surface area contributed by atoms with Gasteiger partial charge in [-0.25, -0.2) is 0 Å². The van der Waals surface area contributed by atoms with Gasteiger partial charge in [0.05, 0.1) is 23.8 Å². The van der Waals surface area contributed by atoms with Crippen molar-refractivity contribution in [2.75, 3.05) is 12.8 Å². The average molecular weight is 321 g/mol. The summed E-state index contributed by atoms with van der Waals surface area (Å²) in [6.07, 6.45) is 4.40. The predicted octanol–water partition coefficient (Wildman–Crippen LogP) is 1.78. The molecule has 1 atom stereocenters. The highest BCUT2D eigenvalue weighted by Gasteiger charge is 2.30. The van der Waals surface area contributed by atoms with Crippen LogP contribution >= 0.6 is 0 Å². The minimum absolute atomic E-state index is 0.421. The predicted molar refractivity (Wildman–Crippen MR) is 86.8 cm³/mol. The molecular formula is C15H19N3O3S. The van der Waals surface area contributed by atoms with Crippen molar-refractivity contribution in [3.8, 4) is 0 Å². The molecule has 3 N–H and O–H groups in total. The van der Waals surface area contributed by atoms with E-state index in [1.165, 1.54) is 27.9 Å². The topological polar surface area (TPSA) is 85.4 Å². The quantitative estimate of drug-likeness (QED) is 0.644. The van der Waals surface area contributed by atoms with E-state index in [2.05, 4.69) is 52.6 Å². The van der Waals surface area contributed by atoms with Crippen molar-refractivity contribution >= 4 is 26.7 Å². The van der Waals surface area contributed by atoms with Gasteiger partial charge in [-0.2, -0.15) is 8.42 Å². The molecule has 2 aromatic rings. The van der Waals surface area contributed by atoms with E-state index in [4.69, 9.17) is 4.55 Å². The van der Waals surface area contributed by atoms with Crippen molar-refractivity contribution in [3.63, 3.8) is 0 Å². The number of aromatic nitrogens is 1. The van der Waals surface area contributed by atoms with Gasteiger partial charge in [0, 0.05) is 23.6 Å². The molecule has 0 aliphatic carbocycles. The normalized spacial score (nSPS) is 19.7. The molecule has 118 valence electrons. The lowest BCUT2D eigenvalue weighted by Crippen LogP contribution is -2.37. The summed E-state index contributed by atoms with van der Waals surface area (Å²) in [5.74, 6) is 0. The fourth-order valence-electron chi connectivity index (χ4n) is 3.02. The molecule has 2 aliphatic rings. The Bertz CT molecular complexity index is 831. The number of hydrogen-bond donors (Lipinski definition) is 3. The first-order valence-electron chi connectivity index (χ1n) is 7.10. The Hall–Kier alpha value is -1.99. The minimum atomic E-state index is -3.67. The number of aromatic amines is 1. The summed E-state index contributed by atoms with van der Waals surface area (Å²) in [5, 5.41) is 4.77. The summed E-state index contributed by atoms with van der Waals surface area (Å²) in [4.78, 5) is 5.99. The van der Waals surface area contributed by atoms with Crippen LogP contribution in [-0.4, -0.2) is 41.8 Å². The Balaban J connectivity index is 0.000000254. The van der Waals surface area contributed by atoms with Crippen LogP contribution in [0.15, 0.2) is 30.5 Å². The smallest absolute Gasteiger partial charge is 0.261 e. The van der Waals surface area contributed by atoms with E-state index in [-0.39, 0.29) is 0 Å². The van der Waals surface area contributed by atoms with Crippen LogP contribution in [-0.2, 0) is 16.5 Å². The maximum atomic E-state index is 9.19. The lowest BCUT2D eigenvalue weighted by Gasteiger charge is -2.30. The molecular weight excluding hydrogens is 302 g/mol. The third kappa shape index (κ3) is 2.82. The molecule has 2 aliphatic heterocycles. The molecule has 0 spiro atoms. The Morgan fingerprint density at radius 2 is 2.00 bits per heavy atom. The minimum Gasteiger partial charge on any atom is -0.370 e. The number of hydrogen-bond acceptors (Lipinski definition) is 4. The molecule has 6 nitrogen and oxygen atoms in total. The van der Waals surface area contributed by atoms with Crippen LogP contribution in [0.4, 0.5) is 0 Å². The highest BCUT2D eigenvalue weighted by molar-refractivity contribution is 7.85. The number of nitrogens with zero attached hydrogens (tertiary/aromatic N) is 1. The van der Waals surface area contributed by atoms with Crippen LogP contribution in [0.3, 0.4) is 0 Å². The van der Waals surface area contributed by atoms with Crippen molar-refractivity contribution < 1.29 is 13.0 Å². The molecule has 0 fully saturated rings. The van der Waals surface area contributed by atoms with Gasteiger partial charge in [0.25, 0.3) is 10.1 Å². The van der Waals surface area contributed by atoms with Crippen molar-refractivity contribution in [2.45, 2.75) is 19.5 Å². The first kappa shape index (κ1) is 14.9. The second kappa shape index (κ2) is 5.33. The van der Waals surface area contributed by atoms with E-state index in [1.54, 1.807) is 0 Å². The third-order valence-electron chi connectivity index (χ3n) is 3.91. The zero-order chi connectivity index (χ0) is 15.9. The molecule has 0 radical (unpaired) electrons. The van der Waals surface area contributed by atoms with Gasteiger partial charge in [0.1, 0.15) is 0 Å². The van der Waals surface area contributed by atoms with Crippen LogP contribution in [0.5, 0.6) is 0 Å². The third-order valence-corrected chi connectivity index (χ3v) is 3.91. The summed E-state index contributed by atoms with van der Waals surface area (Å²) in [6.45, 7) is 3.31. The Kier molecular flexibility index (Phi) is 3.62. The fourth-order valence-corrected chi connectivity index (χ4v) is 3.02. The molecule has 0 saturated heterocycles. The molecule has 0 saturated carbocycles. The Labute approximate surface area is 129 Å². The van der Waals surface area contributed by atoms with Gasteiger partial charge < -0.3 is 15.2 Å². The second-order valence-electron chi connectivity index (χ2n) is 5.57. The van der Waals surface area contributed by atoms with Gasteiger partial charge >= 0.3 is 0 Å². The maximum Gasteiger partial charge on any atom is 0.261 e. The molecule has 0 bridgehead atoms. The van der Waals surface area contributed by atoms with Crippen molar-refractivity contribution in [2.24, 2.45) is 0 Å². The van der Waals surface area contributed by atoms with Crippen molar-refractivity contribution in [3.05, 3.63) is 41.7 Å². The Morgan fingerprint density at radius 1 is 1.32 bits per heavy atom. The zero-order valence-electron chi connectivity index (χ0n) is 12.5. The standard InChI is InChI=1S/C14H15N3.CH4O3S/c1-9-15-8-13-14-11(6-7-17(9)13)10-4-2-3-5-12(10)16-14;1-5(2,3)4/h2-5,8-9,15-16H,6-7H2,1H3;1H3,(H,2,3,4). The second-order valence-corrected chi connectivity index (χ2v) is 7.04. The van der Waals surface area contributed by atoms with Gasteiger partial charge in [-0.1, -0.05) is 18.2 Å². The molecule has 1 aromatic carbocycles. The number of H-pyrrole nitrogens is 1. The van der Waals surface area contributed by atoms with Gasteiger partial charge in [-0.15, -0.1) is 0 Å². The van der Waals surface area contributed by atoms with Crippen LogP contribution < -0.4 is 5.32 Å². The highest BCUT2D eigenvalue weighted by atomic mass is 32.2. The van der Waals surface area contributed by atoms with Gasteiger partial charge in [0.2, 0.25) is 0 Å². The van der Waals surface area contributed by atoms with Crippen molar-refractivity contribution in [1.29, 1.82) is 0 Å². The van der Waals surface area contributed by atoms with E-state index in [1.807, 2.05) is 0 Å². The zero-order valence-corrected chi connectivity index (χ0v) is 13.3. The van der Waals surface area contributed by atoms with Gasteiger partial charge in [-0.05, 0) is 25.0 Å². The number of nitrogens with one attached hydrogen (secondary N) is 2. The molecule has 22 heavy (non-hydrogen) atoms. The van der Waals surface area contributed by atoms with E-state index in [9.17, 15) is 8.42 Å². The van der Waals surface area contributed by atoms with Gasteiger partial charge in [0.15, 0.2) is 0 Å². The monoisotopic (exact) mass is 321 g/mol. The Morgan fingerprint density at radius 3 is 2.73 bits per heavy atom. The lowest BCUT2D eigenvalue weighted by atomic mass is 10.0. The van der Waals surface area contributed by atoms with Crippen molar-refractivity contribution in [1.82, 2.24) is 15.2 Å². The molecule has 1 unspecified atom stereocenters. The molecule has 3 heterocycles. The largest absolute Gasteiger partial charge is 0.370 e. The molecule has 7 heteroatoms. The SMILES string of the molecule is CC1NC=C2c3[nH]c4ccccc4c3CCN21.CS(=O)(=O)O. The van der Waals surface area contributed by atoms with Crippen LogP contribution in [0, 0.1) is 0 Å². The first-order valence-corrected chi connectivity index (χ1v) is 8.94. The number of benzene rings is 1. The maximum absolute atomic E-state index is 9.19. The fraction of sp³-hybridized carbons (Fsp3) is 0.333. The summed E-state index contributed by atoms with van der Waals surface area (Å²) < 4.78 is 25.9. The van der Waals surface area contributed by atoms with E-state index in [0.29, 0.717) is 12.4 Å². The van der Waals surface area contributed by atoms with Gasteiger partial charge in [-0.3, -0.25) is 4.55 Å². The van der Waals surface area contributed by atoms with Crippen LogP contribution in [0.25, 0.3) is 16.6 Å². The summed E-state index contributed by atoms with van der Waals surface area (Å²) in [6, 6.07) is 8.58. The summed E-state index contributed by atoms with van der Waals surface area (Å²) in [5.41, 5.74) is 5.34. The van der Waals surface area contributed by atoms with E-state index < -0.39 is 10.1 Å². The number of fused-ring (bicyclic) bond motifs is 5. The molecule has 4 rings (SSSR count). The number of para-hydroxylation sites is 1. The molecule has 0 amide bonds. The first-order chi connectivity index (χ1) is 10.3. The average Bonchev–Trinajstić information content (AvgIpc) is 2.98. The van der Waals surface area contributed by atoms with Crippen LogP contribution in [0.1, 0.15) is 18.2 Å².